The molecule has 2 unspecified atom stereocenters. The second-order valence-corrected chi connectivity index (χ2v) is 9.44. The van der Waals surface area contributed by atoms with Gasteiger partial charge in [-0.05, 0) is 72.8 Å². The Morgan fingerprint density at radius 2 is 1.77 bits per heavy atom. The van der Waals surface area contributed by atoms with Gasteiger partial charge in [0, 0.05) is 5.39 Å². The van der Waals surface area contributed by atoms with E-state index in [2.05, 4.69) is 11.7 Å². The first kappa shape index (κ1) is 21.5. The summed E-state index contributed by atoms with van der Waals surface area (Å²) in [4.78, 5) is 0. The third kappa shape index (κ3) is 4.78. The van der Waals surface area contributed by atoms with E-state index in [0.717, 1.165) is 23.1 Å². The average molecular weight is 419 g/mol. The predicted molar refractivity (Wildman–Crippen MR) is 116 cm³/mol. The summed E-state index contributed by atoms with van der Waals surface area (Å²) < 4.78 is 43.7. The molecule has 2 aromatic rings. The first-order chi connectivity index (χ1) is 14.5. The quantitative estimate of drug-likeness (QED) is 0.410. The molecule has 2 aromatic carbocycles. The number of halogens is 3. The fraction of sp³-hybridized carbons (Fsp3) is 0.615. The van der Waals surface area contributed by atoms with Crippen molar-refractivity contribution in [1.82, 2.24) is 0 Å². The van der Waals surface area contributed by atoms with Gasteiger partial charge in [0.05, 0.1) is 0 Å². The molecule has 164 valence electrons. The Labute approximate surface area is 178 Å². The van der Waals surface area contributed by atoms with Crippen molar-refractivity contribution in [3.63, 3.8) is 0 Å². The summed E-state index contributed by atoms with van der Waals surface area (Å²) >= 11 is 0. The lowest BCUT2D eigenvalue weighted by Gasteiger charge is -2.42. The summed E-state index contributed by atoms with van der Waals surface area (Å²) in [6.07, 6.45) is 13.3. The van der Waals surface area contributed by atoms with E-state index in [0.29, 0.717) is 11.3 Å². The zero-order valence-corrected chi connectivity index (χ0v) is 17.9. The minimum absolute atomic E-state index is 0.346. The van der Waals surface area contributed by atoms with Crippen molar-refractivity contribution < 1.29 is 17.9 Å². The molecule has 0 radical (unpaired) electrons. The topological polar surface area (TPSA) is 9.23 Å². The van der Waals surface area contributed by atoms with Crippen LogP contribution in [0.4, 0.5) is 13.2 Å². The van der Waals surface area contributed by atoms with Crippen molar-refractivity contribution >= 4 is 10.8 Å². The fourth-order valence-electron chi connectivity index (χ4n) is 5.97. The number of fused-ring (bicyclic) bond motifs is 2. The van der Waals surface area contributed by atoms with Crippen LogP contribution in [0.3, 0.4) is 0 Å². The van der Waals surface area contributed by atoms with Crippen molar-refractivity contribution in [3.05, 3.63) is 41.7 Å². The Bertz CT molecular complexity index is 850. The fourth-order valence-corrected chi connectivity index (χ4v) is 5.97. The van der Waals surface area contributed by atoms with E-state index in [9.17, 15) is 13.2 Å². The molecule has 0 heterocycles. The Morgan fingerprint density at radius 3 is 2.57 bits per heavy atom. The van der Waals surface area contributed by atoms with E-state index >= 15 is 0 Å². The Morgan fingerprint density at radius 1 is 0.967 bits per heavy atom. The molecule has 0 saturated heterocycles. The summed E-state index contributed by atoms with van der Waals surface area (Å²) in [7, 11) is 0. The van der Waals surface area contributed by atoms with E-state index in [1.54, 1.807) is 12.1 Å². The summed E-state index contributed by atoms with van der Waals surface area (Å²) in [5.41, 5.74) is 1.26. The van der Waals surface area contributed by atoms with Gasteiger partial charge in [0.1, 0.15) is 0 Å². The summed E-state index contributed by atoms with van der Waals surface area (Å²) in [6, 6.07) is 8.76. The van der Waals surface area contributed by atoms with E-state index in [1.807, 2.05) is 12.1 Å². The molecule has 4 heteroatoms. The SMILES string of the molecule is CCCCC[C@@H]1CC[C@@H]2CC(c3ccc4c(F)c(OC(F)F)ccc4c3)CCC2C1. The Hall–Kier alpha value is -1.71. The molecular weight excluding hydrogens is 385 g/mol. The van der Waals surface area contributed by atoms with Crippen molar-refractivity contribution in [2.24, 2.45) is 17.8 Å². The van der Waals surface area contributed by atoms with Crippen LogP contribution in [0.1, 0.15) is 82.6 Å². The number of ether oxygens (including phenoxy) is 1. The Balaban J connectivity index is 1.42. The Kier molecular flexibility index (Phi) is 6.90. The number of hydrogen-bond donors (Lipinski definition) is 0. The lowest BCUT2D eigenvalue weighted by Crippen LogP contribution is -2.30. The third-order valence-electron chi connectivity index (χ3n) is 7.57. The molecular formula is C26H33F3O. The van der Waals surface area contributed by atoms with Gasteiger partial charge < -0.3 is 4.74 Å². The van der Waals surface area contributed by atoms with Crippen molar-refractivity contribution in [2.45, 2.75) is 83.7 Å². The van der Waals surface area contributed by atoms with Gasteiger partial charge in [-0.2, -0.15) is 8.78 Å². The first-order valence-corrected chi connectivity index (χ1v) is 11.7. The van der Waals surface area contributed by atoms with Crippen molar-refractivity contribution in [1.29, 1.82) is 0 Å². The third-order valence-corrected chi connectivity index (χ3v) is 7.57. The maximum Gasteiger partial charge on any atom is 0.387 e. The number of hydrogen-bond acceptors (Lipinski definition) is 1. The maximum absolute atomic E-state index is 14.5. The van der Waals surface area contributed by atoms with Gasteiger partial charge in [0.2, 0.25) is 0 Å². The second-order valence-electron chi connectivity index (χ2n) is 9.44. The average Bonchev–Trinajstić information content (AvgIpc) is 2.75. The lowest BCUT2D eigenvalue weighted by atomic mass is 9.63. The standard InChI is InChI=1S/C26H33F3O/c1-2-3-4-5-17-6-7-19-15-20(9-8-18(19)14-17)21-10-12-23-22(16-21)11-13-24(25(23)27)30-26(28)29/h10-13,16-20,26H,2-9,14-15H2,1H3/t17-,18?,19-,20?/m1/s1. The highest BCUT2D eigenvalue weighted by atomic mass is 19.3. The normalized spacial score (nSPS) is 26.7. The van der Waals surface area contributed by atoms with Gasteiger partial charge in [-0.3, -0.25) is 0 Å². The molecule has 2 saturated carbocycles. The molecule has 2 fully saturated rings. The van der Waals surface area contributed by atoms with E-state index < -0.39 is 12.4 Å². The van der Waals surface area contributed by atoms with Gasteiger partial charge in [-0.15, -0.1) is 0 Å². The minimum Gasteiger partial charge on any atom is -0.432 e. The molecule has 0 spiro atoms. The largest absolute Gasteiger partial charge is 0.432 e. The number of benzene rings is 2. The van der Waals surface area contributed by atoms with Crippen LogP contribution in [-0.4, -0.2) is 6.61 Å². The molecule has 0 aromatic heterocycles. The smallest absolute Gasteiger partial charge is 0.387 e. The molecule has 0 aliphatic heterocycles. The van der Waals surface area contributed by atoms with Gasteiger partial charge >= 0.3 is 6.61 Å². The molecule has 2 aliphatic carbocycles. The molecule has 4 rings (SSSR count). The van der Waals surface area contributed by atoms with Crippen LogP contribution in [0.5, 0.6) is 5.75 Å². The van der Waals surface area contributed by atoms with Crippen LogP contribution >= 0.6 is 0 Å². The lowest BCUT2D eigenvalue weighted by molar-refractivity contribution is -0.0520. The van der Waals surface area contributed by atoms with Gasteiger partial charge in [0.15, 0.2) is 11.6 Å². The second kappa shape index (κ2) is 9.62. The van der Waals surface area contributed by atoms with Crippen LogP contribution in [0, 0.1) is 23.6 Å². The van der Waals surface area contributed by atoms with Gasteiger partial charge in [-0.25, -0.2) is 4.39 Å². The van der Waals surface area contributed by atoms with Crippen LogP contribution in [0.15, 0.2) is 30.3 Å². The van der Waals surface area contributed by atoms with Crippen molar-refractivity contribution in [2.75, 3.05) is 0 Å². The summed E-state index contributed by atoms with van der Waals surface area (Å²) in [5.74, 6) is 2.06. The summed E-state index contributed by atoms with van der Waals surface area (Å²) in [5, 5.41) is 1.10. The molecule has 0 amide bonds. The van der Waals surface area contributed by atoms with Crippen molar-refractivity contribution in [3.8, 4) is 5.75 Å². The van der Waals surface area contributed by atoms with Crippen LogP contribution in [0.2, 0.25) is 0 Å². The number of rotatable bonds is 7. The highest BCUT2D eigenvalue weighted by Crippen LogP contribution is 2.48. The van der Waals surface area contributed by atoms with Crippen LogP contribution in [0.25, 0.3) is 10.8 Å². The van der Waals surface area contributed by atoms with Gasteiger partial charge in [0.25, 0.3) is 0 Å². The highest BCUT2D eigenvalue weighted by Gasteiger charge is 2.35. The molecule has 2 aliphatic rings. The molecule has 4 atom stereocenters. The van der Waals surface area contributed by atoms with E-state index in [1.165, 1.54) is 75.8 Å². The van der Waals surface area contributed by atoms with Gasteiger partial charge in [-0.1, -0.05) is 63.3 Å². The number of unbranched alkanes of at least 4 members (excludes halogenated alkanes) is 2. The maximum atomic E-state index is 14.5. The van der Waals surface area contributed by atoms with E-state index in [-0.39, 0.29) is 5.75 Å². The van der Waals surface area contributed by atoms with Crippen LogP contribution in [-0.2, 0) is 0 Å². The zero-order valence-electron chi connectivity index (χ0n) is 17.9. The first-order valence-electron chi connectivity index (χ1n) is 11.7. The molecule has 0 N–H and O–H groups in total. The zero-order chi connectivity index (χ0) is 21.1. The number of alkyl halides is 2. The monoisotopic (exact) mass is 418 g/mol. The molecule has 0 bridgehead atoms. The predicted octanol–water partition coefficient (Wildman–Crippen LogP) is 8.46. The van der Waals surface area contributed by atoms with Crippen LogP contribution < -0.4 is 4.74 Å². The minimum atomic E-state index is -3.02. The molecule has 30 heavy (non-hydrogen) atoms. The highest BCUT2D eigenvalue weighted by molar-refractivity contribution is 5.85. The summed E-state index contributed by atoms with van der Waals surface area (Å²) in [6.45, 7) is -0.747. The van der Waals surface area contributed by atoms with E-state index in [4.69, 9.17) is 0 Å². The molecule has 1 nitrogen and oxygen atoms in total.